The van der Waals surface area contributed by atoms with Gasteiger partial charge in [0.05, 0.1) is 0 Å². The monoisotopic (exact) mass is 254 g/mol. The molecule has 1 aromatic carbocycles. The lowest BCUT2D eigenvalue weighted by molar-refractivity contribution is 0.578. The van der Waals surface area contributed by atoms with E-state index >= 15 is 0 Å². The number of hydrogen-bond acceptors (Lipinski definition) is 0. The topological polar surface area (TPSA) is 0 Å². The highest BCUT2D eigenvalue weighted by Gasteiger charge is 2.19. The zero-order valence-electron chi connectivity index (χ0n) is 9.47. The van der Waals surface area contributed by atoms with Crippen molar-refractivity contribution in [1.82, 2.24) is 0 Å². The maximum atomic E-state index is 3.55. The van der Waals surface area contributed by atoms with E-state index in [2.05, 4.69) is 67.9 Å². The third-order valence-electron chi connectivity index (χ3n) is 2.53. The second kappa shape index (κ2) is 4.48. The minimum atomic E-state index is 0.243. The SMILES string of the molecule is CC(CBr)c1ccccc1C(C)(C)C. The van der Waals surface area contributed by atoms with Gasteiger partial charge >= 0.3 is 0 Å². The highest BCUT2D eigenvalue weighted by molar-refractivity contribution is 9.09. The number of benzene rings is 1. The second-order valence-corrected chi connectivity index (χ2v) is 5.54. The Morgan fingerprint density at radius 3 is 2.29 bits per heavy atom. The van der Waals surface area contributed by atoms with Gasteiger partial charge in [0, 0.05) is 5.33 Å². The summed E-state index contributed by atoms with van der Waals surface area (Å²) >= 11 is 3.55. The smallest absolute Gasteiger partial charge is 0.00976 e. The van der Waals surface area contributed by atoms with Crippen molar-refractivity contribution in [2.75, 3.05) is 5.33 Å². The summed E-state index contributed by atoms with van der Waals surface area (Å²) in [5.74, 6) is 0.588. The lowest BCUT2D eigenvalue weighted by Crippen LogP contribution is -2.15. The molecular weight excluding hydrogens is 236 g/mol. The van der Waals surface area contributed by atoms with Gasteiger partial charge in [-0.2, -0.15) is 0 Å². The molecule has 0 bridgehead atoms. The fourth-order valence-corrected chi connectivity index (χ4v) is 2.04. The molecule has 1 unspecified atom stereocenters. The molecule has 0 aromatic heterocycles. The molecule has 78 valence electrons. The van der Waals surface area contributed by atoms with Gasteiger partial charge in [-0.05, 0) is 22.5 Å². The largest absolute Gasteiger partial charge is 0.0922 e. The summed E-state index contributed by atoms with van der Waals surface area (Å²) in [5.41, 5.74) is 3.18. The van der Waals surface area contributed by atoms with Crippen molar-refractivity contribution >= 4 is 15.9 Å². The number of alkyl halides is 1. The summed E-state index contributed by atoms with van der Waals surface area (Å²) in [6.45, 7) is 9.08. The van der Waals surface area contributed by atoms with Crippen LogP contribution in [0.5, 0.6) is 0 Å². The Morgan fingerprint density at radius 2 is 1.79 bits per heavy atom. The molecule has 1 aromatic rings. The first-order valence-corrected chi connectivity index (χ1v) is 6.24. The van der Waals surface area contributed by atoms with Crippen LogP contribution in [0.2, 0.25) is 0 Å². The number of rotatable bonds is 2. The van der Waals surface area contributed by atoms with Crippen LogP contribution >= 0.6 is 15.9 Å². The fourth-order valence-electron chi connectivity index (χ4n) is 1.69. The summed E-state index contributed by atoms with van der Waals surface area (Å²) in [7, 11) is 0. The van der Waals surface area contributed by atoms with Crippen LogP contribution in [0.1, 0.15) is 44.7 Å². The number of halogens is 1. The van der Waals surface area contributed by atoms with Crippen molar-refractivity contribution < 1.29 is 0 Å². The first-order chi connectivity index (χ1) is 6.46. The van der Waals surface area contributed by atoms with Gasteiger partial charge in [0.25, 0.3) is 0 Å². The molecule has 0 aliphatic heterocycles. The molecule has 0 heterocycles. The van der Waals surface area contributed by atoms with Gasteiger partial charge in [-0.15, -0.1) is 0 Å². The molecule has 0 N–H and O–H groups in total. The zero-order valence-corrected chi connectivity index (χ0v) is 11.1. The standard InChI is InChI=1S/C13H19Br/c1-10(9-14)11-7-5-6-8-12(11)13(2,3)4/h5-8,10H,9H2,1-4H3. The Labute approximate surface area is 95.9 Å². The molecule has 1 atom stereocenters. The van der Waals surface area contributed by atoms with E-state index in [9.17, 15) is 0 Å². The van der Waals surface area contributed by atoms with Crippen LogP contribution < -0.4 is 0 Å². The molecule has 0 amide bonds. The predicted molar refractivity (Wildman–Crippen MR) is 67.4 cm³/mol. The lowest BCUT2D eigenvalue weighted by atomic mass is 9.81. The summed E-state index contributed by atoms with van der Waals surface area (Å²) < 4.78 is 0. The van der Waals surface area contributed by atoms with Crippen molar-refractivity contribution in [2.24, 2.45) is 0 Å². The van der Waals surface area contributed by atoms with Crippen molar-refractivity contribution in [3.8, 4) is 0 Å². The zero-order chi connectivity index (χ0) is 10.8. The lowest BCUT2D eigenvalue weighted by Gasteiger charge is -2.25. The molecule has 14 heavy (non-hydrogen) atoms. The van der Waals surface area contributed by atoms with E-state index in [4.69, 9.17) is 0 Å². The third kappa shape index (κ3) is 2.60. The van der Waals surface area contributed by atoms with Crippen LogP contribution in [0, 0.1) is 0 Å². The van der Waals surface area contributed by atoms with E-state index in [0.29, 0.717) is 5.92 Å². The predicted octanol–water partition coefficient (Wildman–Crippen LogP) is 4.48. The summed E-state index contributed by atoms with van der Waals surface area (Å²) in [4.78, 5) is 0. The third-order valence-corrected chi connectivity index (χ3v) is 3.50. The van der Waals surface area contributed by atoms with Crippen LogP contribution in [0.25, 0.3) is 0 Å². The van der Waals surface area contributed by atoms with E-state index in [-0.39, 0.29) is 5.41 Å². The molecule has 1 rings (SSSR count). The Bertz CT molecular complexity index is 296. The Morgan fingerprint density at radius 1 is 1.21 bits per heavy atom. The van der Waals surface area contributed by atoms with Gasteiger partial charge in [-0.25, -0.2) is 0 Å². The summed E-state index contributed by atoms with van der Waals surface area (Å²) in [6.07, 6.45) is 0. The van der Waals surface area contributed by atoms with Gasteiger partial charge in [0.15, 0.2) is 0 Å². The molecule has 0 saturated heterocycles. The second-order valence-electron chi connectivity index (χ2n) is 4.89. The van der Waals surface area contributed by atoms with Gasteiger partial charge in [-0.1, -0.05) is 67.9 Å². The Kier molecular flexibility index (Phi) is 3.77. The number of hydrogen-bond donors (Lipinski definition) is 0. The Hall–Kier alpha value is -0.300. The highest BCUT2D eigenvalue weighted by Crippen LogP contribution is 2.30. The van der Waals surface area contributed by atoms with Gasteiger partial charge < -0.3 is 0 Å². The molecular formula is C13H19Br. The van der Waals surface area contributed by atoms with Crippen LogP contribution in [-0.2, 0) is 5.41 Å². The van der Waals surface area contributed by atoms with Gasteiger partial charge in [0.1, 0.15) is 0 Å². The van der Waals surface area contributed by atoms with E-state index < -0.39 is 0 Å². The van der Waals surface area contributed by atoms with E-state index in [1.807, 2.05) is 0 Å². The molecule has 0 spiro atoms. The molecule has 0 nitrogen and oxygen atoms in total. The van der Waals surface area contributed by atoms with E-state index in [1.165, 1.54) is 11.1 Å². The summed E-state index contributed by atoms with van der Waals surface area (Å²) in [5, 5.41) is 1.03. The average Bonchev–Trinajstić information content (AvgIpc) is 2.15. The Balaban J connectivity index is 3.16. The first kappa shape index (κ1) is 11.8. The molecule has 0 fully saturated rings. The first-order valence-electron chi connectivity index (χ1n) is 5.12. The normalized spacial score (nSPS) is 14.1. The molecule has 0 saturated carbocycles. The molecule has 0 aliphatic rings. The maximum Gasteiger partial charge on any atom is 0.00976 e. The quantitative estimate of drug-likeness (QED) is 0.683. The summed E-state index contributed by atoms with van der Waals surface area (Å²) in [6, 6.07) is 8.75. The van der Waals surface area contributed by atoms with Crippen LogP contribution in [0.3, 0.4) is 0 Å². The van der Waals surface area contributed by atoms with Gasteiger partial charge in [0.2, 0.25) is 0 Å². The van der Waals surface area contributed by atoms with Crippen LogP contribution in [0.15, 0.2) is 24.3 Å². The van der Waals surface area contributed by atoms with Crippen molar-refractivity contribution in [3.63, 3.8) is 0 Å². The minimum Gasteiger partial charge on any atom is -0.0922 e. The van der Waals surface area contributed by atoms with Crippen LogP contribution in [0.4, 0.5) is 0 Å². The van der Waals surface area contributed by atoms with Crippen molar-refractivity contribution in [3.05, 3.63) is 35.4 Å². The molecule has 1 heteroatoms. The molecule has 0 aliphatic carbocycles. The highest BCUT2D eigenvalue weighted by atomic mass is 79.9. The van der Waals surface area contributed by atoms with E-state index in [1.54, 1.807) is 0 Å². The van der Waals surface area contributed by atoms with Crippen molar-refractivity contribution in [1.29, 1.82) is 0 Å². The molecule has 0 radical (unpaired) electrons. The minimum absolute atomic E-state index is 0.243. The fraction of sp³-hybridized carbons (Fsp3) is 0.538. The average molecular weight is 255 g/mol. The van der Waals surface area contributed by atoms with Crippen LogP contribution in [-0.4, -0.2) is 5.33 Å². The van der Waals surface area contributed by atoms with Gasteiger partial charge in [-0.3, -0.25) is 0 Å². The maximum absolute atomic E-state index is 3.55. The van der Waals surface area contributed by atoms with Crippen molar-refractivity contribution in [2.45, 2.75) is 39.0 Å². The van der Waals surface area contributed by atoms with E-state index in [0.717, 1.165) is 5.33 Å².